The second-order valence-electron chi connectivity index (χ2n) is 5.69. The van der Waals surface area contributed by atoms with Gasteiger partial charge in [-0.1, -0.05) is 18.7 Å². The maximum Gasteiger partial charge on any atom is 0.191 e. The van der Waals surface area contributed by atoms with E-state index in [4.69, 9.17) is 4.74 Å². The van der Waals surface area contributed by atoms with Crippen molar-refractivity contribution >= 4 is 17.5 Å². The number of aliphatic hydroxyl groups excluding tert-OH is 1. The van der Waals surface area contributed by atoms with Crippen LogP contribution in [0, 0.1) is 0 Å². The molecule has 0 saturated carbocycles. The first-order chi connectivity index (χ1) is 11.5. The number of ether oxygens (including phenoxy) is 1. The van der Waals surface area contributed by atoms with Crippen LogP contribution in [0.2, 0.25) is 0 Å². The van der Waals surface area contributed by atoms with Crippen molar-refractivity contribution < 1.29 is 14.6 Å². The number of benzene rings is 1. The number of ketones is 1. The molecule has 1 heterocycles. The van der Waals surface area contributed by atoms with E-state index in [1.54, 1.807) is 30.6 Å². The van der Waals surface area contributed by atoms with Gasteiger partial charge in [0, 0.05) is 23.8 Å². The smallest absolute Gasteiger partial charge is 0.191 e. The third-order valence-corrected chi connectivity index (χ3v) is 4.54. The van der Waals surface area contributed by atoms with Gasteiger partial charge in [0.05, 0.1) is 6.10 Å². The number of nitrogens with zero attached hydrogens (tertiary/aromatic N) is 3. The summed E-state index contributed by atoms with van der Waals surface area (Å²) in [5.41, 5.74) is 0.675. The molecule has 0 aliphatic heterocycles. The van der Waals surface area contributed by atoms with Crippen LogP contribution in [-0.2, 0) is 0 Å². The zero-order chi connectivity index (χ0) is 17.5. The number of aliphatic hydroxyl groups is 1. The fraction of sp³-hybridized carbons (Fsp3) is 0.471. The van der Waals surface area contributed by atoms with Gasteiger partial charge in [-0.25, -0.2) is 0 Å². The summed E-state index contributed by atoms with van der Waals surface area (Å²) in [5, 5.41) is 18.8. The predicted molar refractivity (Wildman–Crippen MR) is 93.7 cm³/mol. The van der Waals surface area contributed by atoms with E-state index >= 15 is 0 Å². The summed E-state index contributed by atoms with van der Waals surface area (Å²) in [7, 11) is 0. The normalized spacial score (nSPS) is 12.4. The second-order valence-corrected chi connectivity index (χ2v) is 6.68. The largest absolute Gasteiger partial charge is 0.491 e. The number of thioether (sulfide) groups is 1. The Kier molecular flexibility index (Phi) is 6.81. The molecule has 1 atom stereocenters. The van der Waals surface area contributed by atoms with Crippen molar-refractivity contribution in [1.29, 1.82) is 0 Å². The van der Waals surface area contributed by atoms with E-state index in [0.717, 1.165) is 5.16 Å². The minimum atomic E-state index is -0.621. The van der Waals surface area contributed by atoms with E-state index in [2.05, 4.69) is 24.0 Å². The lowest BCUT2D eigenvalue weighted by Crippen LogP contribution is -2.20. The van der Waals surface area contributed by atoms with Gasteiger partial charge in [-0.05, 0) is 38.1 Å². The van der Waals surface area contributed by atoms with Crippen molar-refractivity contribution in [1.82, 2.24) is 14.8 Å². The summed E-state index contributed by atoms with van der Waals surface area (Å²) in [6.07, 6.45) is 1.55. The molecule has 1 N–H and O–H groups in total. The van der Waals surface area contributed by atoms with Gasteiger partial charge in [0.15, 0.2) is 10.9 Å². The van der Waals surface area contributed by atoms with E-state index < -0.39 is 6.10 Å². The van der Waals surface area contributed by atoms with Crippen LogP contribution in [0.5, 0.6) is 5.75 Å². The highest BCUT2D eigenvalue weighted by atomic mass is 32.2. The molecular formula is C17H23N3O3S. The molecule has 0 saturated heterocycles. The van der Waals surface area contributed by atoms with Gasteiger partial charge >= 0.3 is 0 Å². The Balaban J connectivity index is 1.79. The molecule has 0 fully saturated rings. The van der Waals surface area contributed by atoms with Crippen LogP contribution in [0.1, 0.15) is 43.6 Å². The summed E-state index contributed by atoms with van der Waals surface area (Å²) in [6, 6.07) is 7.26. The zero-order valence-electron chi connectivity index (χ0n) is 14.2. The van der Waals surface area contributed by atoms with Gasteiger partial charge in [0.2, 0.25) is 0 Å². The average Bonchev–Trinajstić information content (AvgIpc) is 3.06. The van der Waals surface area contributed by atoms with Gasteiger partial charge in [-0.3, -0.25) is 4.79 Å². The van der Waals surface area contributed by atoms with E-state index in [0.29, 0.717) is 23.5 Å². The SMILES string of the molecule is CCC(=O)c1ccc(OCC(O)CSc2nncn2C(C)C)cc1. The van der Waals surface area contributed by atoms with E-state index in [1.165, 1.54) is 11.8 Å². The first-order valence-electron chi connectivity index (χ1n) is 7.97. The number of hydrogen-bond acceptors (Lipinski definition) is 6. The molecule has 0 aliphatic carbocycles. The Hall–Kier alpha value is -1.86. The van der Waals surface area contributed by atoms with Crippen LogP contribution in [-0.4, -0.2) is 44.1 Å². The van der Waals surface area contributed by atoms with Crippen molar-refractivity contribution in [3.05, 3.63) is 36.2 Å². The van der Waals surface area contributed by atoms with Gasteiger partial charge in [0.25, 0.3) is 0 Å². The highest BCUT2D eigenvalue weighted by Gasteiger charge is 2.12. The van der Waals surface area contributed by atoms with Crippen molar-refractivity contribution in [2.24, 2.45) is 0 Å². The molecular weight excluding hydrogens is 326 g/mol. The van der Waals surface area contributed by atoms with Crippen LogP contribution in [0.4, 0.5) is 0 Å². The Labute approximate surface area is 146 Å². The molecule has 0 bridgehead atoms. The van der Waals surface area contributed by atoms with Crippen molar-refractivity contribution in [3.63, 3.8) is 0 Å². The van der Waals surface area contributed by atoms with E-state index in [-0.39, 0.29) is 18.4 Å². The number of carbonyl (C=O) groups is 1. The van der Waals surface area contributed by atoms with E-state index in [1.807, 2.05) is 11.5 Å². The molecule has 2 aromatic rings. The first-order valence-corrected chi connectivity index (χ1v) is 8.96. The minimum absolute atomic E-state index is 0.104. The maximum absolute atomic E-state index is 11.6. The van der Waals surface area contributed by atoms with Gasteiger partial charge in [-0.15, -0.1) is 10.2 Å². The lowest BCUT2D eigenvalue weighted by atomic mass is 10.1. The fourth-order valence-electron chi connectivity index (χ4n) is 2.04. The average molecular weight is 349 g/mol. The number of carbonyl (C=O) groups excluding carboxylic acids is 1. The molecule has 1 aromatic heterocycles. The Morgan fingerprint density at radius 3 is 2.67 bits per heavy atom. The summed E-state index contributed by atoms with van der Waals surface area (Å²) < 4.78 is 7.53. The lowest BCUT2D eigenvalue weighted by Gasteiger charge is -2.13. The van der Waals surface area contributed by atoms with Crippen molar-refractivity contribution in [2.75, 3.05) is 12.4 Å². The molecule has 6 nitrogen and oxygen atoms in total. The maximum atomic E-state index is 11.6. The molecule has 1 unspecified atom stereocenters. The summed E-state index contributed by atoms with van der Waals surface area (Å²) >= 11 is 1.45. The number of Topliss-reactive ketones (excluding diaryl/α,β-unsaturated/α-hetero) is 1. The molecule has 0 aliphatic rings. The molecule has 0 spiro atoms. The van der Waals surface area contributed by atoms with Gasteiger partial charge in [-0.2, -0.15) is 0 Å². The molecule has 0 radical (unpaired) electrons. The quantitative estimate of drug-likeness (QED) is 0.554. The predicted octanol–water partition coefficient (Wildman–Crippen LogP) is 2.98. The molecule has 24 heavy (non-hydrogen) atoms. The highest BCUT2D eigenvalue weighted by Crippen LogP contribution is 2.20. The Bertz CT molecular complexity index is 655. The van der Waals surface area contributed by atoms with Gasteiger partial charge in [0.1, 0.15) is 18.7 Å². The topological polar surface area (TPSA) is 77.2 Å². The molecule has 1 aromatic carbocycles. The summed E-state index contributed by atoms with van der Waals surface area (Å²) in [6.45, 7) is 6.13. The van der Waals surface area contributed by atoms with Crippen molar-refractivity contribution in [3.8, 4) is 5.75 Å². The number of rotatable bonds is 9. The standard InChI is InChI=1S/C17H23N3O3S/c1-4-16(22)13-5-7-15(8-6-13)23-9-14(21)10-24-17-19-18-11-20(17)12(2)3/h5-8,11-12,14,21H,4,9-10H2,1-3H3. The molecule has 7 heteroatoms. The number of hydrogen-bond donors (Lipinski definition) is 1. The lowest BCUT2D eigenvalue weighted by molar-refractivity contribution is 0.0987. The van der Waals surface area contributed by atoms with Gasteiger partial charge < -0.3 is 14.4 Å². The highest BCUT2D eigenvalue weighted by molar-refractivity contribution is 7.99. The number of aromatic nitrogens is 3. The summed E-state index contributed by atoms with van der Waals surface area (Å²) in [5.74, 6) is 1.21. The van der Waals surface area contributed by atoms with Crippen LogP contribution in [0.3, 0.4) is 0 Å². The van der Waals surface area contributed by atoms with Crippen molar-refractivity contribution in [2.45, 2.75) is 44.5 Å². The van der Waals surface area contributed by atoms with Crippen LogP contribution < -0.4 is 4.74 Å². The fourth-order valence-corrected chi connectivity index (χ4v) is 2.99. The summed E-state index contributed by atoms with van der Waals surface area (Å²) in [4.78, 5) is 11.6. The second kappa shape index (κ2) is 8.84. The third-order valence-electron chi connectivity index (χ3n) is 3.44. The Morgan fingerprint density at radius 2 is 2.04 bits per heavy atom. The van der Waals surface area contributed by atoms with E-state index in [9.17, 15) is 9.90 Å². The molecule has 2 rings (SSSR count). The minimum Gasteiger partial charge on any atom is -0.491 e. The Morgan fingerprint density at radius 1 is 1.33 bits per heavy atom. The van der Waals surface area contributed by atoms with Crippen LogP contribution >= 0.6 is 11.8 Å². The molecule has 130 valence electrons. The zero-order valence-corrected chi connectivity index (χ0v) is 15.0. The monoisotopic (exact) mass is 349 g/mol. The van der Waals surface area contributed by atoms with Crippen LogP contribution in [0.15, 0.2) is 35.7 Å². The third kappa shape index (κ3) is 5.07. The first kappa shape index (κ1) is 18.5. The molecule has 0 amide bonds. The van der Waals surface area contributed by atoms with Crippen LogP contribution in [0.25, 0.3) is 0 Å².